The average molecular weight is 449 g/mol. The average Bonchev–Trinajstić information content (AvgIpc) is 3.09. The number of carbonyl (C=O) groups is 1. The van der Waals surface area contributed by atoms with Crippen molar-refractivity contribution < 1.29 is 4.79 Å². The lowest BCUT2D eigenvalue weighted by Gasteiger charge is -2.21. The molecule has 5 nitrogen and oxygen atoms in total. The van der Waals surface area contributed by atoms with Gasteiger partial charge in [-0.15, -0.1) is 0 Å². The zero-order chi connectivity index (χ0) is 22.5. The minimum absolute atomic E-state index is 0.244. The first-order valence-electron chi connectivity index (χ1n) is 11.1. The lowest BCUT2D eigenvalue weighted by molar-refractivity contribution is 0.102. The van der Waals surface area contributed by atoms with Crippen molar-refractivity contribution >= 4 is 34.7 Å². The molecule has 32 heavy (non-hydrogen) atoms. The van der Waals surface area contributed by atoms with E-state index >= 15 is 0 Å². The van der Waals surface area contributed by atoms with Gasteiger partial charge in [0.25, 0.3) is 5.91 Å². The van der Waals surface area contributed by atoms with Crippen molar-refractivity contribution in [2.75, 3.05) is 42.3 Å². The molecule has 0 radical (unpaired) electrons. The fourth-order valence-electron chi connectivity index (χ4n) is 4.01. The summed E-state index contributed by atoms with van der Waals surface area (Å²) >= 11 is 6.66. The van der Waals surface area contributed by atoms with E-state index < -0.39 is 0 Å². The Morgan fingerprint density at radius 2 is 1.69 bits per heavy atom. The summed E-state index contributed by atoms with van der Waals surface area (Å²) in [6.45, 7) is 2.08. The molecule has 2 heterocycles. The molecule has 1 saturated heterocycles. The minimum atomic E-state index is -0.244. The molecule has 0 bridgehead atoms. The number of hydrogen-bond acceptors (Lipinski definition) is 4. The van der Waals surface area contributed by atoms with Gasteiger partial charge in [-0.2, -0.15) is 0 Å². The molecule has 6 heteroatoms. The molecule has 0 unspecified atom stereocenters. The van der Waals surface area contributed by atoms with Gasteiger partial charge in [-0.05, 0) is 48.7 Å². The number of amides is 1. The Morgan fingerprint density at radius 3 is 2.31 bits per heavy atom. The number of nitrogens with one attached hydrogen (secondary N) is 1. The quantitative estimate of drug-likeness (QED) is 0.512. The summed E-state index contributed by atoms with van der Waals surface area (Å²) in [5.74, 6) is 0.720. The van der Waals surface area contributed by atoms with Crippen molar-refractivity contribution in [2.24, 2.45) is 0 Å². The molecule has 166 valence electrons. The zero-order valence-corrected chi connectivity index (χ0v) is 19.4. The van der Waals surface area contributed by atoms with Crippen LogP contribution >= 0.6 is 11.6 Å². The molecule has 1 amide bonds. The number of pyridine rings is 1. The Kier molecular flexibility index (Phi) is 6.96. The van der Waals surface area contributed by atoms with Gasteiger partial charge in [0.15, 0.2) is 0 Å². The Bertz CT molecular complexity index is 1060. The van der Waals surface area contributed by atoms with Crippen LogP contribution in [-0.4, -0.2) is 38.1 Å². The highest BCUT2D eigenvalue weighted by Crippen LogP contribution is 2.32. The number of halogens is 1. The summed E-state index contributed by atoms with van der Waals surface area (Å²) in [6.07, 6.45) is 6.68. The minimum Gasteiger partial charge on any atom is -0.378 e. The second-order valence-electron chi connectivity index (χ2n) is 8.37. The number of anilines is 3. The number of hydrogen-bond donors (Lipinski definition) is 1. The monoisotopic (exact) mass is 448 g/mol. The highest BCUT2D eigenvalue weighted by molar-refractivity contribution is 6.37. The molecule has 1 aliphatic heterocycles. The summed E-state index contributed by atoms with van der Waals surface area (Å²) < 4.78 is 0. The maximum absolute atomic E-state index is 13.0. The topological polar surface area (TPSA) is 48.5 Å². The predicted molar refractivity (Wildman–Crippen MR) is 134 cm³/mol. The molecule has 0 atom stereocenters. The SMILES string of the molecule is CN(C)c1ccc(-c2cccc(C(=O)Nc3ccc(N4CCCCCC4)nc3)c2Cl)cc1. The van der Waals surface area contributed by atoms with Gasteiger partial charge in [-0.25, -0.2) is 4.98 Å². The zero-order valence-electron chi connectivity index (χ0n) is 18.6. The van der Waals surface area contributed by atoms with Gasteiger partial charge in [0.05, 0.1) is 22.5 Å². The number of benzene rings is 2. The van der Waals surface area contributed by atoms with Crippen LogP contribution in [-0.2, 0) is 0 Å². The largest absolute Gasteiger partial charge is 0.378 e. The van der Waals surface area contributed by atoms with Crippen molar-refractivity contribution in [3.05, 3.63) is 71.4 Å². The molecule has 2 aromatic carbocycles. The number of rotatable bonds is 5. The summed E-state index contributed by atoms with van der Waals surface area (Å²) in [5.41, 5.74) is 4.01. The summed E-state index contributed by atoms with van der Waals surface area (Å²) in [4.78, 5) is 21.9. The third-order valence-corrected chi connectivity index (χ3v) is 6.28. The first-order chi connectivity index (χ1) is 15.5. The van der Waals surface area contributed by atoms with Crippen molar-refractivity contribution in [3.63, 3.8) is 0 Å². The van der Waals surface area contributed by atoms with Crippen LogP contribution in [0.5, 0.6) is 0 Å². The summed E-state index contributed by atoms with van der Waals surface area (Å²) in [5, 5.41) is 3.37. The molecule has 0 saturated carbocycles. The van der Waals surface area contributed by atoms with E-state index in [1.54, 1.807) is 12.3 Å². The molecule has 1 N–H and O–H groups in total. The maximum Gasteiger partial charge on any atom is 0.257 e. The first-order valence-corrected chi connectivity index (χ1v) is 11.5. The van der Waals surface area contributed by atoms with Gasteiger partial charge < -0.3 is 15.1 Å². The highest BCUT2D eigenvalue weighted by Gasteiger charge is 2.16. The van der Waals surface area contributed by atoms with E-state index in [0.717, 1.165) is 35.7 Å². The van der Waals surface area contributed by atoms with E-state index in [1.165, 1.54) is 25.7 Å². The summed E-state index contributed by atoms with van der Waals surface area (Å²) in [6, 6.07) is 17.5. The van der Waals surface area contributed by atoms with E-state index in [9.17, 15) is 4.79 Å². The summed E-state index contributed by atoms with van der Waals surface area (Å²) in [7, 11) is 4.00. The van der Waals surface area contributed by atoms with Gasteiger partial charge in [0, 0.05) is 38.4 Å². The van der Waals surface area contributed by atoms with E-state index in [-0.39, 0.29) is 5.91 Å². The molecule has 3 aromatic rings. The fourth-order valence-corrected chi connectivity index (χ4v) is 4.34. The standard InChI is InChI=1S/C26H29ClN4O/c1-30(2)21-13-10-19(11-14-21)22-8-7-9-23(25(22)27)26(32)29-20-12-15-24(28-18-20)31-16-5-3-4-6-17-31/h7-15,18H,3-6,16-17H2,1-2H3,(H,29,32). The fraction of sp³-hybridized carbons (Fsp3) is 0.308. The van der Waals surface area contributed by atoms with Gasteiger partial charge in [0.1, 0.15) is 5.82 Å². The Labute approximate surface area is 195 Å². The molecular formula is C26H29ClN4O. The van der Waals surface area contributed by atoms with Crippen molar-refractivity contribution in [1.82, 2.24) is 4.98 Å². The predicted octanol–water partition coefficient (Wildman–Crippen LogP) is 6.10. The van der Waals surface area contributed by atoms with Crippen LogP contribution in [0.15, 0.2) is 60.8 Å². The number of nitrogens with zero attached hydrogens (tertiary/aromatic N) is 3. The van der Waals surface area contributed by atoms with Crippen LogP contribution in [0.1, 0.15) is 36.0 Å². The van der Waals surface area contributed by atoms with E-state index in [1.807, 2.05) is 67.5 Å². The van der Waals surface area contributed by atoms with Gasteiger partial charge in [-0.3, -0.25) is 4.79 Å². The van der Waals surface area contributed by atoms with Gasteiger partial charge >= 0.3 is 0 Å². The second-order valence-corrected chi connectivity index (χ2v) is 8.75. The third kappa shape index (κ3) is 5.05. The molecular weight excluding hydrogens is 420 g/mol. The van der Waals surface area contributed by atoms with Crippen molar-refractivity contribution in [3.8, 4) is 11.1 Å². The van der Waals surface area contributed by atoms with E-state index in [0.29, 0.717) is 16.3 Å². The normalized spacial score (nSPS) is 14.0. The molecule has 4 rings (SSSR count). The highest BCUT2D eigenvalue weighted by atomic mass is 35.5. The Balaban J connectivity index is 1.49. The van der Waals surface area contributed by atoms with Crippen LogP contribution in [0.3, 0.4) is 0 Å². The van der Waals surface area contributed by atoms with Crippen LogP contribution in [0.4, 0.5) is 17.2 Å². The third-order valence-electron chi connectivity index (χ3n) is 5.87. The van der Waals surface area contributed by atoms with Crippen molar-refractivity contribution in [2.45, 2.75) is 25.7 Å². The van der Waals surface area contributed by atoms with E-state index in [2.05, 4.69) is 15.2 Å². The lowest BCUT2D eigenvalue weighted by Crippen LogP contribution is -2.24. The smallest absolute Gasteiger partial charge is 0.257 e. The first kappa shape index (κ1) is 22.2. The lowest BCUT2D eigenvalue weighted by atomic mass is 10.0. The van der Waals surface area contributed by atoms with Crippen LogP contribution in [0.2, 0.25) is 5.02 Å². The molecule has 0 spiro atoms. The Hall–Kier alpha value is -3.05. The van der Waals surface area contributed by atoms with Crippen LogP contribution in [0, 0.1) is 0 Å². The van der Waals surface area contributed by atoms with Crippen LogP contribution in [0.25, 0.3) is 11.1 Å². The number of aromatic nitrogens is 1. The maximum atomic E-state index is 13.0. The molecule has 1 fully saturated rings. The van der Waals surface area contributed by atoms with Crippen molar-refractivity contribution in [1.29, 1.82) is 0 Å². The van der Waals surface area contributed by atoms with E-state index in [4.69, 9.17) is 11.6 Å². The van der Waals surface area contributed by atoms with Gasteiger partial charge in [-0.1, -0.05) is 48.7 Å². The van der Waals surface area contributed by atoms with Gasteiger partial charge in [0.2, 0.25) is 0 Å². The molecule has 0 aliphatic carbocycles. The second kappa shape index (κ2) is 10.0. The molecule has 1 aliphatic rings. The van der Waals surface area contributed by atoms with Crippen LogP contribution < -0.4 is 15.1 Å². The Morgan fingerprint density at radius 1 is 0.969 bits per heavy atom. The molecule has 1 aromatic heterocycles. The number of carbonyl (C=O) groups excluding carboxylic acids is 1.